The van der Waals surface area contributed by atoms with Crippen LogP contribution in [0.1, 0.15) is 40.9 Å². The van der Waals surface area contributed by atoms with Gasteiger partial charge in [-0.05, 0) is 43.5 Å². The van der Waals surface area contributed by atoms with Gasteiger partial charge >= 0.3 is 0 Å². The third-order valence-corrected chi connectivity index (χ3v) is 6.95. The SMILES string of the molecule is Cc1c(CC(=O)c2ccc(CS(=O)(=O)C(C)C)cc2)ccc2c1OCCO2. The van der Waals surface area contributed by atoms with Gasteiger partial charge in [0.05, 0.1) is 11.0 Å². The van der Waals surface area contributed by atoms with E-state index in [1.807, 2.05) is 19.1 Å². The molecule has 2 aromatic carbocycles. The Morgan fingerprint density at radius 3 is 2.37 bits per heavy atom. The van der Waals surface area contributed by atoms with E-state index in [0.717, 1.165) is 11.1 Å². The van der Waals surface area contributed by atoms with Crippen LogP contribution in [0.15, 0.2) is 36.4 Å². The number of ketones is 1. The first-order chi connectivity index (χ1) is 12.8. The Morgan fingerprint density at radius 1 is 1.04 bits per heavy atom. The summed E-state index contributed by atoms with van der Waals surface area (Å²) in [6, 6.07) is 10.5. The molecule has 0 saturated heterocycles. The molecule has 0 bridgehead atoms. The Bertz CT molecular complexity index is 943. The molecule has 0 aliphatic carbocycles. The summed E-state index contributed by atoms with van der Waals surface area (Å²) in [6.45, 7) is 6.30. The number of fused-ring (bicyclic) bond motifs is 1. The fourth-order valence-electron chi connectivity index (χ4n) is 2.95. The predicted octanol–water partition coefficient (Wildman–Crippen LogP) is 3.51. The average Bonchev–Trinajstić information content (AvgIpc) is 2.64. The Labute approximate surface area is 160 Å². The molecule has 0 aromatic heterocycles. The van der Waals surface area contributed by atoms with Crippen molar-refractivity contribution in [3.63, 3.8) is 0 Å². The number of hydrogen-bond donors (Lipinski definition) is 0. The highest BCUT2D eigenvalue weighted by molar-refractivity contribution is 7.91. The molecule has 0 fully saturated rings. The normalized spacial score (nSPS) is 13.6. The number of benzene rings is 2. The van der Waals surface area contributed by atoms with Crippen LogP contribution in [0.2, 0.25) is 0 Å². The van der Waals surface area contributed by atoms with Gasteiger partial charge in [0.15, 0.2) is 27.1 Å². The Kier molecular flexibility index (Phi) is 5.56. The summed E-state index contributed by atoms with van der Waals surface area (Å²) in [6.07, 6.45) is 0.256. The molecule has 144 valence electrons. The standard InChI is InChI=1S/C21H24O5S/c1-14(2)27(23,24)13-16-4-6-17(7-5-16)19(22)12-18-8-9-20-21(15(18)3)26-11-10-25-20/h4-9,14H,10-13H2,1-3H3. The molecule has 5 nitrogen and oxygen atoms in total. The number of carbonyl (C=O) groups is 1. The Morgan fingerprint density at radius 2 is 1.70 bits per heavy atom. The number of Topliss-reactive ketones (excluding diaryl/α,β-unsaturated/α-hetero) is 1. The van der Waals surface area contributed by atoms with Crippen molar-refractivity contribution in [2.24, 2.45) is 0 Å². The van der Waals surface area contributed by atoms with E-state index in [2.05, 4.69) is 0 Å². The molecule has 0 atom stereocenters. The quantitative estimate of drug-likeness (QED) is 0.708. The van der Waals surface area contributed by atoms with Gasteiger partial charge < -0.3 is 9.47 Å². The van der Waals surface area contributed by atoms with E-state index in [9.17, 15) is 13.2 Å². The zero-order chi connectivity index (χ0) is 19.6. The van der Waals surface area contributed by atoms with E-state index >= 15 is 0 Å². The monoisotopic (exact) mass is 388 g/mol. The summed E-state index contributed by atoms with van der Waals surface area (Å²) in [4.78, 5) is 12.6. The lowest BCUT2D eigenvalue weighted by Gasteiger charge is -2.21. The van der Waals surface area contributed by atoms with Crippen molar-refractivity contribution in [3.05, 3.63) is 58.7 Å². The van der Waals surface area contributed by atoms with E-state index < -0.39 is 15.1 Å². The third kappa shape index (κ3) is 4.33. The fraction of sp³-hybridized carbons (Fsp3) is 0.381. The van der Waals surface area contributed by atoms with Gasteiger partial charge in [0.1, 0.15) is 13.2 Å². The minimum absolute atomic E-state index is 0.0135. The maximum Gasteiger partial charge on any atom is 0.167 e. The number of ether oxygens (including phenoxy) is 2. The smallest absolute Gasteiger partial charge is 0.167 e. The summed E-state index contributed by atoms with van der Waals surface area (Å²) in [5.41, 5.74) is 3.07. The van der Waals surface area contributed by atoms with E-state index in [-0.39, 0.29) is 18.0 Å². The first-order valence-electron chi connectivity index (χ1n) is 8.99. The number of carbonyl (C=O) groups excluding carboxylic acids is 1. The van der Waals surface area contributed by atoms with Crippen LogP contribution in [-0.2, 0) is 22.0 Å². The molecule has 0 spiro atoms. The molecule has 2 aromatic rings. The molecule has 0 amide bonds. The van der Waals surface area contributed by atoms with Crippen LogP contribution in [0.25, 0.3) is 0 Å². The van der Waals surface area contributed by atoms with Crippen LogP contribution in [0.5, 0.6) is 11.5 Å². The van der Waals surface area contributed by atoms with Crippen LogP contribution in [0.3, 0.4) is 0 Å². The van der Waals surface area contributed by atoms with Crippen molar-refractivity contribution in [2.75, 3.05) is 13.2 Å². The predicted molar refractivity (Wildman–Crippen MR) is 104 cm³/mol. The van der Waals surface area contributed by atoms with E-state index in [1.54, 1.807) is 38.1 Å². The minimum Gasteiger partial charge on any atom is -0.486 e. The largest absolute Gasteiger partial charge is 0.486 e. The molecule has 27 heavy (non-hydrogen) atoms. The summed E-state index contributed by atoms with van der Waals surface area (Å²) in [5, 5.41) is -0.419. The van der Waals surface area contributed by atoms with Crippen molar-refractivity contribution in [1.82, 2.24) is 0 Å². The van der Waals surface area contributed by atoms with Crippen molar-refractivity contribution >= 4 is 15.6 Å². The molecule has 1 aliphatic heterocycles. The zero-order valence-corrected chi connectivity index (χ0v) is 16.6. The maximum atomic E-state index is 12.6. The van der Waals surface area contributed by atoms with Gasteiger partial charge in [0.2, 0.25) is 0 Å². The lowest BCUT2D eigenvalue weighted by Crippen LogP contribution is -2.17. The first-order valence-corrected chi connectivity index (χ1v) is 10.7. The van der Waals surface area contributed by atoms with Gasteiger partial charge in [-0.1, -0.05) is 30.3 Å². The molecule has 0 unspecified atom stereocenters. The molecule has 0 saturated carbocycles. The van der Waals surface area contributed by atoms with Crippen molar-refractivity contribution < 1.29 is 22.7 Å². The van der Waals surface area contributed by atoms with Crippen molar-refractivity contribution in [1.29, 1.82) is 0 Å². The van der Waals surface area contributed by atoms with Crippen LogP contribution < -0.4 is 9.47 Å². The molecular weight excluding hydrogens is 364 g/mol. The first kappa shape index (κ1) is 19.4. The topological polar surface area (TPSA) is 69.7 Å². The third-order valence-electron chi connectivity index (χ3n) is 4.78. The summed E-state index contributed by atoms with van der Waals surface area (Å²) < 4.78 is 35.3. The van der Waals surface area contributed by atoms with Gasteiger partial charge in [-0.2, -0.15) is 0 Å². The Hall–Kier alpha value is -2.34. The second-order valence-corrected chi connectivity index (χ2v) is 9.58. The molecule has 3 rings (SSSR count). The van der Waals surface area contributed by atoms with Crippen LogP contribution in [-0.4, -0.2) is 32.7 Å². The second kappa shape index (κ2) is 7.72. The summed E-state index contributed by atoms with van der Waals surface area (Å²) in [7, 11) is -3.16. The second-order valence-electron chi connectivity index (χ2n) is 7.03. The lowest BCUT2D eigenvalue weighted by atomic mass is 9.98. The summed E-state index contributed by atoms with van der Waals surface area (Å²) >= 11 is 0. The molecule has 6 heteroatoms. The molecule has 0 N–H and O–H groups in total. The van der Waals surface area contributed by atoms with Crippen LogP contribution >= 0.6 is 0 Å². The van der Waals surface area contributed by atoms with E-state index in [4.69, 9.17) is 9.47 Å². The van der Waals surface area contributed by atoms with Gasteiger partial charge in [0.25, 0.3) is 0 Å². The van der Waals surface area contributed by atoms with E-state index in [0.29, 0.717) is 35.8 Å². The van der Waals surface area contributed by atoms with Crippen molar-refractivity contribution in [2.45, 2.75) is 38.2 Å². The van der Waals surface area contributed by atoms with Crippen LogP contribution in [0.4, 0.5) is 0 Å². The zero-order valence-electron chi connectivity index (χ0n) is 15.8. The van der Waals surface area contributed by atoms with Crippen molar-refractivity contribution in [3.8, 4) is 11.5 Å². The molecule has 1 aliphatic rings. The number of rotatable bonds is 6. The minimum atomic E-state index is -3.16. The van der Waals surface area contributed by atoms with Gasteiger partial charge in [0, 0.05) is 12.0 Å². The maximum absolute atomic E-state index is 12.6. The van der Waals surface area contributed by atoms with Gasteiger partial charge in [-0.15, -0.1) is 0 Å². The molecule has 1 heterocycles. The molecular formula is C21H24O5S. The van der Waals surface area contributed by atoms with Gasteiger partial charge in [-0.25, -0.2) is 8.42 Å². The van der Waals surface area contributed by atoms with E-state index in [1.165, 1.54) is 0 Å². The average molecular weight is 388 g/mol. The fourth-order valence-corrected chi connectivity index (χ4v) is 3.94. The number of sulfone groups is 1. The highest BCUT2D eigenvalue weighted by Crippen LogP contribution is 2.35. The highest BCUT2D eigenvalue weighted by Gasteiger charge is 2.19. The highest BCUT2D eigenvalue weighted by atomic mass is 32.2. The lowest BCUT2D eigenvalue weighted by molar-refractivity contribution is 0.0992. The number of hydrogen-bond acceptors (Lipinski definition) is 5. The molecule has 0 radical (unpaired) electrons. The van der Waals surface area contributed by atoms with Crippen LogP contribution in [0, 0.1) is 6.92 Å². The summed E-state index contributed by atoms with van der Waals surface area (Å²) in [5.74, 6) is 1.39. The van der Waals surface area contributed by atoms with Gasteiger partial charge in [-0.3, -0.25) is 4.79 Å². The Balaban J connectivity index is 1.74.